The summed E-state index contributed by atoms with van der Waals surface area (Å²) in [4.78, 5) is 13.0. The molecule has 0 spiro atoms. The molecule has 3 aromatic rings. The van der Waals surface area contributed by atoms with Gasteiger partial charge in [-0.1, -0.05) is 82.2 Å². The summed E-state index contributed by atoms with van der Waals surface area (Å²) >= 11 is 3.55. The predicted octanol–water partition coefficient (Wildman–Crippen LogP) is 5.94. The number of hydrogen-bond acceptors (Lipinski definition) is 1. The molecule has 0 saturated carbocycles. The zero-order chi connectivity index (χ0) is 17.6. The summed E-state index contributed by atoms with van der Waals surface area (Å²) in [7, 11) is 0. The first-order valence-electron chi connectivity index (χ1n) is 8.03. The molecule has 0 saturated heterocycles. The second-order valence-electron chi connectivity index (χ2n) is 5.77. The second-order valence-corrected chi connectivity index (χ2v) is 6.62. The highest BCUT2D eigenvalue weighted by Gasteiger charge is 2.15. The Balaban J connectivity index is 1.99. The molecule has 3 heteroatoms. The Labute approximate surface area is 156 Å². The Morgan fingerprint density at radius 3 is 2.20 bits per heavy atom. The first-order chi connectivity index (χ1) is 12.1. The Hall–Kier alpha value is -2.65. The van der Waals surface area contributed by atoms with Crippen LogP contribution in [0, 0.1) is 6.92 Å². The molecule has 0 heterocycles. The fraction of sp³-hybridized carbons (Fsp3) is 0.0455. The van der Waals surface area contributed by atoms with Gasteiger partial charge < -0.3 is 5.32 Å². The van der Waals surface area contributed by atoms with Crippen molar-refractivity contribution >= 4 is 39.2 Å². The van der Waals surface area contributed by atoms with Crippen LogP contribution in [0.4, 0.5) is 5.69 Å². The van der Waals surface area contributed by atoms with Gasteiger partial charge in [0.15, 0.2) is 0 Å². The molecule has 1 N–H and O–H groups in total. The number of rotatable bonds is 4. The van der Waals surface area contributed by atoms with Crippen LogP contribution in [0.5, 0.6) is 0 Å². The van der Waals surface area contributed by atoms with Gasteiger partial charge >= 0.3 is 0 Å². The molecule has 0 bridgehead atoms. The van der Waals surface area contributed by atoms with Crippen molar-refractivity contribution in [2.24, 2.45) is 0 Å². The van der Waals surface area contributed by atoms with Crippen LogP contribution in [-0.4, -0.2) is 5.91 Å². The Bertz CT molecular complexity index is 899. The summed E-state index contributed by atoms with van der Waals surface area (Å²) in [5.74, 6) is -0.139. The van der Waals surface area contributed by atoms with Gasteiger partial charge in [-0.25, -0.2) is 0 Å². The van der Waals surface area contributed by atoms with E-state index in [1.165, 1.54) is 0 Å². The van der Waals surface area contributed by atoms with Gasteiger partial charge in [-0.2, -0.15) is 0 Å². The summed E-state index contributed by atoms with van der Waals surface area (Å²) in [6.07, 6.45) is 1.91. The van der Waals surface area contributed by atoms with E-state index in [-0.39, 0.29) is 5.91 Å². The zero-order valence-corrected chi connectivity index (χ0v) is 15.5. The van der Waals surface area contributed by atoms with Crippen molar-refractivity contribution in [3.05, 3.63) is 100 Å². The van der Waals surface area contributed by atoms with Crippen LogP contribution >= 0.6 is 15.9 Å². The zero-order valence-electron chi connectivity index (χ0n) is 13.9. The lowest BCUT2D eigenvalue weighted by Crippen LogP contribution is -2.14. The number of nitrogens with one attached hydrogen (secondary N) is 1. The van der Waals surface area contributed by atoms with Crippen molar-refractivity contribution in [3.8, 4) is 0 Å². The molecular weight excluding hydrogens is 374 g/mol. The van der Waals surface area contributed by atoms with Crippen LogP contribution < -0.4 is 5.32 Å². The predicted molar refractivity (Wildman–Crippen MR) is 108 cm³/mol. The lowest BCUT2D eigenvalue weighted by molar-refractivity contribution is -0.111. The van der Waals surface area contributed by atoms with E-state index in [0.717, 1.165) is 26.9 Å². The SMILES string of the molecule is Cc1ccc(NC(=O)/C(=C/c2ccccc2)c2ccccc2Br)cc1. The van der Waals surface area contributed by atoms with Gasteiger partial charge in [-0.15, -0.1) is 0 Å². The van der Waals surface area contributed by atoms with E-state index in [4.69, 9.17) is 0 Å². The molecule has 0 atom stereocenters. The largest absolute Gasteiger partial charge is 0.322 e. The molecule has 0 unspecified atom stereocenters. The molecule has 0 radical (unpaired) electrons. The van der Waals surface area contributed by atoms with E-state index >= 15 is 0 Å². The molecule has 0 aliphatic heterocycles. The number of aryl methyl sites for hydroxylation is 1. The van der Waals surface area contributed by atoms with Gasteiger partial charge in [0, 0.05) is 21.3 Å². The fourth-order valence-electron chi connectivity index (χ4n) is 2.50. The number of carbonyl (C=O) groups is 1. The van der Waals surface area contributed by atoms with Gasteiger partial charge in [0.25, 0.3) is 5.91 Å². The topological polar surface area (TPSA) is 29.1 Å². The molecule has 0 fully saturated rings. The average Bonchev–Trinajstić information content (AvgIpc) is 2.63. The number of anilines is 1. The first kappa shape index (κ1) is 17.2. The van der Waals surface area contributed by atoms with E-state index in [2.05, 4.69) is 21.2 Å². The molecule has 3 rings (SSSR count). The maximum absolute atomic E-state index is 13.0. The van der Waals surface area contributed by atoms with Gasteiger partial charge in [0.05, 0.1) is 0 Å². The molecular formula is C22H18BrNO. The average molecular weight is 392 g/mol. The lowest BCUT2D eigenvalue weighted by Gasteiger charge is -2.11. The molecule has 2 nitrogen and oxygen atoms in total. The number of amides is 1. The van der Waals surface area contributed by atoms with Crippen molar-refractivity contribution in [1.29, 1.82) is 0 Å². The maximum Gasteiger partial charge on any atom is 0.256 e. The Morgan fingerprint density at radius 1 is 0.880 bits per heavy atom. The summed E-state index contributed by atoms with van der Waals surface area (Å²) in [6, 6.07) is 25.4. The van der Waals surface area contributed by atoms with Crippen LogP contribution in [-0.2, 0) is 4.79 Å². The molecule has 124 valence electrons. The van der Waals surface area contributed by atoms with Crippen LogP contribution in [0.15, 0.2) is 83.3 Å². The fourth-order valence-corrected chi connectivity index (χ4v) is 2.99. The van der Waals surface area contributed by atoms with Gasteiger partial charge in [0.1, 0.15) is 0 Å². The monoisotopic (exact) mass is 391 g/mol. The standard InChI is InChI=1S/C22H18BrNO/c1-16-11-13-18(14-12-16)24-22(25)20(15-17-7-3-2-4-8-17)19-9-5-6-10-21(19)23/h2-15H,1H3,(H,24,25)/b20-15+. The summed E-state index contributed by atoms with van der Waals surface area (Å²) < 4.78 is 0.885. The van der Waals surface area contributed by atoms with Gasteiger partial charge in [0.2, 0.25) is 0 Å². The lowest BCUT2D eigenvalue weighted by atomic mass is 10.0. The van der Waals surface area contributed by atoms with Crippen LogP contribution in [0.3, 0.4) is 0 Å². The number of benzene rings is 3. The van der Waals surface area contributed by atoms with Crippen molar-refractivity contribution in [1.82, 2.24) is 0 Å². The van der Waals surface area contributed by atoms with Gasteiger partial charge in [-0.3, -0.25) is 4.79 Å². The third-order valence-electron chi connectivity index (χ3n) is 3.83. The molecule has 0 aromatic heterocycles. The summed E-state index contributed by atoms with van der Waals surface area (Å²) in [5.41, 5.74) is 4.38. The molecule has 25 heavy (non-hydrogen) atoms. The third-order valence-corrected chi connectivity index (χ3v) is 4.52. The van der Waals surface area contributed by atoms with Crippen molar-refractivity contribution in [2.45, 2.75) is 6.92 Å². The third kappa shape index (κ3) is 4.46. The highest BCUT2D eigenvalue weighted by atomic mass is 79.9. The number of carbonyl (C=O) groups excluding carboxylic acids is 1. The second kappa shape index (κ2) is 7.95. The molecule has 0 aliphatic carbocycles. The van der Waals surface area contributed by atoms with Crippen molar-refractivity contribution in [2.75, 3.05) is 5.32 Å². The highest BCUT2D eigenvalue weighted by Crippen LogP contribution is 2.27. The molecule has 0 aliphatic rings. The van der Waals surface area contributed by atoms with Crippen molar-refractivity contribution in [3.63, 3.8) is 0 Å². The molecule has 1 amide bonds. The minimum absolute atomic E-state index is 0.139. The minimum atomic E-state index is -0.139. The van der Waals surface area contributed by atoms with E-state index in [9.17, 15) is 4.79 Å². The van der Waals surface area contributed by atoms with E-state index in [0.29, 0.717) is 5.57 Å². The Kier molecular flexibility index (Phi) is 5.46. The molecule has 3 aromatic carbocycles. The van der Waals surface area contributed by atoms with E-state index in [1.807, 2.05) is 91.9 Å². The number of halogens is 1. The van der Waals surface area contributed by atoms with Crippen LogP contribution in [0.1, 0.15) is 16.7 Å². The summed E-state index contributed by atoms with van der Waals surface area (Å²) in [6.45, 7) is 2.02. The van der Waals surface area contributed by atoms with Crippen LogP contribution in [0.2, 0.25) is 0 Å². The van der Waals surface area contributed by atoms with Crippen molar-refractivity contribution < 1.29 is 4.79 Å². The van der Waals surface area contributed by atoms with E-state index in [1.54, 1.807) is 0 Å². The normalized spacial score (nSPS) is 11.2. The summed E-state index contributed by atoms with van der Waals surface area (Å²) in [5, 5.41) is 2.99. The minimum Gasteiger partial charge on any atom is -0.322 e. The van der Waals surface area contributed by atoms with Crippen LogP contribution in [0.25, 0.3) is 11.6 Å². The first-order valence-corrected chi connectivity index (χ1v) is 8.82. The highest BCUT2D eigenvalue weighted by molar-refractivity contribution is 9.10. The quantitative estimate of drug-likeness (QED) is 0.432. The Morgan fingerprint density at radius 2 is 1.52 bits per heavy atom. The maximum atomic E-state index is 13.0. The smallest absolute Gasteiger partial charge is 0.256 e. The van der Waals surface area contributed by atoms with E-state index < -0.39 is 0 Å². The van der Waals surface area contributed by atoms with Gasteiger partial charge in [-0.05, 0) is 36.8 Å². The number of hydrogen-bond donors (Lipinski definition) is 1.